The summed E-state index contributed by atoms with van der Waals surface area (Å²) in [6.45, 7) is 20.6. The second kappa shape index (κ2) is 16.9. The molecule has 1 heteroatoms. The zero-order valence-corrected chi connectivity index (χ0v) is 28.5. The van der Waals surface area contributed by atoms with E-state index in [4.69, 9.17) is 0 Å². The maximum atomic E-state index is 4.67. The van der Waals surface area contributed by atoms with Crippen LogP contribution in [0.25, 0.3) is 0 Å². The van der Waals surface area contributed by atoms with Crippen molar-refractivity contribution in [3.8, 4) is 0 Å². The molecule has 0 aromatic rings. The third kappa shape index (κ3) is 9.23. The SMILES string of the molecule is C=C(/C=C(/C)C(=C)N(CCCCCC)CC1(C)CC=CC=C1CCC)C1=CCC=C(CC2CC=CC3=C2C=CCCC3)C=C1. The van der Waals surface area contributed by atoms with E-state index < -0.39 is 0 Å². The van der Waals surface area contributed by atoms with Gasteiger partial charge in [-0.2, -0.15) is 0 Å². The van der Waals surface area contributed by atoms with E-state index in [2.05, 4.69) is 119 Å². The van der Waals surface area contributed by atoms with Crippen LogP contribution in [0.1, 0.15) is 111 Å². The van der Waals surface area contributed by atoms with E-state index in [1.165, 1.54) is 74.5 Å². The van der Waals surface area contributed by atoms with Crippen LogP contribution in [0, 0.1) is 11.3 Å². The van der Waals surface area contributed by atoms with Crippen molar-refractivity contribution in [1.29, 1.82) is 0 Å². The van der Waals surface area contributed by atoms with Gasteiger partial charge < -0.3 is 4.90 Å². The molecule has 4 rings (SSSR count). The van der Waals surface area contributed by atoms with Crippen molar-refractivity contribution in [2.24, 2.45) is 11.3 Å². The van der Waals surface area contributed by atoms with Gasteiger partial charge in [-0.05, 0) is 98.5 Å². The number of unbranched alkanes of at least 4 members (excludes halogenated alkanes) is 3. The Morgan fingerprint density at radius 2 is 1.86 bits per heavy atom. The molecule has 44 heavy (non-hydrogen) atoms. The van der Waals surface area contributed by atoms with Crippen LogP contribution in [0.3, 0.4) is 0 Å². The summed E-state index contributed by atoms with van der Waals surface area (Å²) in [6.07, 6.45) is 43.7. The van der Waals surface area contributed by atoms with Crippen molar-refractivity contribution in [2.45, 2.75) is 111 Å². The Labute approximate surface area is 270 Å². The van der Waals surface area contributed by atoms with E-state index in [0.717, 1.165) is 50.0 Å². The standard InChI is InChI=1S/C43H59N/c1-7-9-10-16-30-44(33-43(6)29-15-14-25-41(43)19-8-2)36(5)34(3)31-35(4)38-22-17-20-37(27-28-38)32-40-24-18-23-39-21-12-11-13-26-42(39)40/h13-15,18,20,22-23,25-28,31,40H,4-5,7-12,16-17,19,21,24,29-30,32-33H2,1-3,6H3/b34-31-. The number of hydrogen-bond acceptors (Lipinski definition) is 1. The van der Waals surface area contributed by atoms with Crippen LogP contribution in [0.4, 0.5) is 0 Å². The Bertz CT molecular complexity index is 1310. The van der Waals surface area contributed by atoms with Gasteiger partial charge >= 0.3 is 0 Å². The van der Waals surface area contributed by atoms with Gasteiger partial charge in [-0.15, -0.1) is 0 Å². The lowest BCUT2D eigenvalue weighted by atomic mass is 9.74. The number of allylic oxidation sites excluding steroid dienone is 18. The lowest BCUT2D eigenvalue weighted by Gasteiger charge is -2.40. The van der Waals surface area contributed by atoms with Crippen molar-refractivity contribution in [3.05, 3.63) is 131 Å². The summed E-state index contributed by atoms with van der Waals surface area (Å²) in [4.78, 5) is 2.58. The maximum absolute atomic E-state index is 4.67. The van der Waals surface area contributed by atoms with E-state index in [-0.39, 0.29) is 5.41 Å². The highest BCUT2D eigenvalue weighted by atomic mass is 15.1. The van der Waals surface area contributed by atoms with Crippen molar-refractivity contribution in [1.82, 2.24) is 4.90 Å². The number of hydrogen-bond donors (Lipinski definition) is 0. The summed E-state index contributed by atoms with van der Waals surface area (Å²) in [5.41, 5.74) is 11.0. The molecule has 1 nitrogen and oxygen atoms in total. The summed E-state index contributed by atoms with van der Waals surface area (Å²) in [5, 5.41) is 0. The smallest absolute Gasteiger partial charge is 0.0323 e. The molecule has 2 unspecified atom stereocenters. The molecule has 0 spiro atoms. The lowest BCUT2D eigenvalue weighted by Crippen LogP contribution is -2.38. The van der Waals surface area contributed by atoms with Crippen molar-refractivity contribution in [2.75, 3.05) is 13.1 Å². The minimum Gasteiger partial charge on any atom is -0.371 e. The van der Waals surface area contributed by atoms with Crippen LogP contribution in [-0.4, -0.2) is 18.0 Å². The first-order valence-corrected chi connectivity index (χ1v) is 17.7. The number of nitrogens with zero attached hydrogens (tertiary/aromatic N) is 1. The van der Waals surface area contributed by atoms with E-state index in [0.29, 0.717) is 5.92 Å². The maximum Gasteiger partial charge on any atom is 0.0323 e. The van der Waals surface area contributed by atoms with E-state index in [1.54, 1.807) is 16.7 Å². The fourth-order valence-electron chi connectivity index (χ4n) is 7.29. The van der Waals surface area contributed by atoms with Gasteiger partial charge in [-0.3, -0.25) is 0 Å². The van der Waals surface area contributed by atoms with Gasteiger partial charge in [0.2, 0.25) is 0 Å². The summed E-state index contributed by atoms with van der Waals surface area (Å²) in [6, 6.07) is 0. The zero-order valence-electron chi connectivity index (χ0n) is 28.5. The third-order valence-corrected chi connectivity index (χ3v) is 10.1. The highest BCUT2D eigenvalue weighted by Crippen LogP contribution is 2.40. The van der Waals surface area contributed by atoms with Crippen LogP contribution >= 0.6 is 0 Å². The first kappa shape index (κ1) is 33.8. The van der Waals surface area contributed by atoms with Gasteiger partial charge in [-0.25, -0.2) is 0 Å². The molecule has 236 valence electrons. The molecule has 4 aliphatic carbocycles. The van der Waals surface area contributed by atoms with Gasteiger partial charge in [0.05, 0.1) is 0 Å². The van der Waals surface area contributed by atoms with Gasteiger partial charge in [0.25, 0.3) is 0 Å². The molecule has 0 aliphatic heterocycles. The summed E-state index contributed by atoms with van der Waals surface area (Å²) < 4.78 is 0. The van der Waals surface area contributed by atoms with Crippen LogP contribution in [0.2, 0.25) is 0 Å². The molecule has 0 radical (unpaired) electrons. The molecular formula is C43H59N. The van der Waals surface area contributed by atoms with Crippen LogP contribution in [0.15, 0.2) is 131 Å². The molecule has 2 atom stereocenters. The molecule has 0 heterocycles. The molecule has 0 saturated heterocycles. The van der Waals surface area contributed by atoms with E-state index >= 15 is 0 Å². The number of rotatable bonds is 15. The largest absolute Gasteiger partial charge is 0.371 e. The minimum atomic E-state index is 0.155. The Morgan fingerprint density at radius 3 is 2.68 bits per heavy atom. The molecule has 0 saturated carbocycles. The second-order valence-corrected chi connectivity index (χ2v) is 13.7. The van der Waals surface area contributed by atoms with Crippen molar-refractivity contribution in [3.63, 3.8) is 0 Å². The molecular weight excluding hydrogens is 530 g/mol. The van der Waals surface area contributed by atoms with Crippen molar-refractivity contribution >= 4 is 0 Å². The fraction of sp³-hybridized carbons (Fsp3) is 0.488. The Kier molecular flexibility index (Phi) is 13.0. The second-order valence-electron chi connectivity index (χ2n) is 13.7. The Hall–Kier alpha value is -3.06. The van der Waals surface area contributed by atoms with Crippen LogP contribution in [-0.2, 0) is 0 Å². The molecule has 0 bridgehead atoms. The van der Waals surface area contributed by atoms with Gasteiger partial charge in [0.1, 0.15) is 0 Å². The highest BCUT2D eigenvalue weighted by Gasteiger charge is 2.31. The lowest BCUT2D eigenvalue weighted by molar-refractivity contribution is 0.227. The molecule has 0 aromatic heterocycles. The van der Waals surface area contributed by atoms with Gasteiger partial charge in [0, 0.05) is 24.2 Å². The molecule has 0 N–H and O–H groups in total. The van der Waals surface area contributed by atoms with Gasteiger partial charge in [-0.1, -0.05) is 144 Å². The summed E-state index contributed by atoms with van der Waals surface area (Å²) in [5.74, 6) is 0.591. The molecule has 0 aromatic carbocycles. The predicted octanol–water partition coefficient (Wildman–Crippen LogP) is 12.4. The first-order valence-electron chi connectivity index (χ1n) is 17.7. The minimum absolute atomic E-state index is 0.155. The zero-order chi connectivity index (χ0) is 31.4. The van der Waals surface area contributed by atoms with Crippen LogP contribution in [0.5, 0.6) is 0 Å². The predicted molar refractivity (Wildman–Crippen MR) is 194 cm³/mol. The average molecular weight is 590 g/mol. The normalized spacial score (nSPS) is 23.4. The van der Waals surface area contributed by atoms with E-state index in [1.807, 2.05) is 0 Å². The average Bonchev–Trinajstić information content (AvgIpc) is 3.41. The molecule has 0 amide bonds. The quantitative estimate of drug-likeness (QED) is 0.136. The topological polar surface area (TPSA) is 3.24 Å². The van der Waals surface area contributed by atoms with Crippen molar-refractivity contribution < 1.29 is 0 Å². The fourth-order valence-corrected chi connectivity index (χ4v) is 7.29. The Balaban J connectivity index is 1.43. The van der Waals surface area contributed by atoms with Gasteiger partial charge in [0.15, 0.2) is 0 Å². The van der Waals surface area contributed by atoms with Crippen LogP contribution < -0.4 is 0 Å². The third-order valence-electron chi connectivity index (χ3n) is 10.1. The van der Waals surface area contributed by atoms with E-state index in [9.17, 15) is 0 Å². The Morgan fingerprint density at radius 1 is 1.00 bits per heavy atom. The first-order chi connectivity index (χ1) is 21.3. The summed E-state index contributed by atoms with van der Waals surface area (Å²) >= 11 is 0. The molecule has 0 fully saturated rings. The monoisotopic (exact) mass is 589 g/mol. The molecule has 4 aliphatic rings. The summed E-state index contributed by atoms with van der Waals surface area (Å²) in [7, 11) is 0. The highest BCUT2D eigenvalue weighted by molar-refractivity contribution is 5.51.